The molecule has 0 aliphatic carbocycles. The number of amides is 1. The summed E-state index contributed by atoms with van der Waals surface area (Å²) in [5.74, 6) is -0.105. The molecule has 1 aliphatic rings. The number of nitrogens with two attached hydrogens (primary N) is 1. The van der Waals surface area contributed by atoms with E-state index in [-0.39, 0.29) is 5.91 Å². The van der Waals surface area contributed by atoms with Crippen molar-refractivity contribution in [1.82, 2.24) is 5.06 Å². The highest BCUT2D eigenvalue weighted by Gasteiger charge is 2.38. The number of carbonyl (C=O) groups is 2. The Kier molecular flexibility index (Phi) is 5.37. The number of hydrogen-bond donors (Lipinski definition) is 2. The van der Waals surface area contributed by atoms with E-state index in [9.17, 15) is 9.59 Å². The van der Waals surface area contributed by atoms with Crippen molar-refractivity contribution in [2.45, 2.75) is 33.2 Å². The topological polar surface area (TPSA) is 93.9 Å². The Hall–Kier alpha value is -2.54. The molecule has 0 saturated carbocycles. The molecule has 1 fully saturated rings. The molecule has 136 valence electrons. The van der Waals surface area contributed by atoms with Crippen LogP contribution in [0.15, 0.2) is 30.4 Å². The fourth-order valence-electron chi connectivity index (χ4n) is 2.33. The molecule has 25 heavy (non-hydrogen) atoms. The smallest absolute Gasteiger partial charge is 0.330 e. The molecule has 0 unspecified atom stereocenters. The molecule has 0 radical (unpaired) electrons. The summed E-state index contributed by atoms with van der Waals surface area (Å²) in [5.41, 5.74) is 6.96. The maximum Gasteiger partial charge on any atom is 0.330 e. The molecule has 1 aromatic rings. The number of nitrogens with zero attached hydrogens (tertiary/aromatic N) is 1. The summed E-state index contributed by atoms with van der Waals surface area (Å²) < 4.78 is 5.09. The zero-order valence-electron chi connectivity index (χ0n) is 15.1. The molecule has 1 aliphatic heterocycles. The van der Waals surface area contributed by atoms with Gasteiger partial charge < -0.3 is 20.6 Å². The van der Waals surface area contributed by atoms with Crippen molar-refractivity contribution in [1.29, 1.82) is 0 Å². The van der Waals surface area contributed by atoms with E-state index >= 15 is 0 Å². The minimum atomic E-state index is -0.661. The van der Waals surface area contributed by atoms with Gasteiger partial charge in [-0.15, -0.1) is 5.06 Å². The van der Waals surface area contributed by atoms with Gasteiger partial charge in [-0.25, -0.2) is 4.79 Å². The quantitative estimate of drug-likeness (QED) is 0.641. The first-order chi connectivity index (χ1) is 11.6. The van der Waals surface area contributed by atoms with Crippen LogP contribution in [0.2, 0.25) is 0 Å². The molecule has 7 nitrogen and oxygen atoms in total. The maximum absolute atomic E-state index is 12.6. The highest BCUT2D eigenvalue weighted by atomic mass is 16.7. The average molecular weight is 347 g/mol. The molecule has 7 heteroatoms. The van der Waals surface area contributed by atoms with E-state index in [0.717, 1.165) is 5.57 Å². The Morgan fingerprint density at radius 2 is 2.04 bits per heavy atom. The van der Waals surface area contributed by atoms with E-state index in [1.165, 1.54) is 5.06 Å². The van der Waals surface area contributed by atoms with Crippen LogP contribution in [0.25, 0.3) is 0 Å². The van der Waals surface area contributed by atoms with E-state index in [1.54, 1.807) is 46.1 Å². The van der Waals surface area contributed by atoms with Crippen LogP contribution in [0.1, 0.15) is 27.2 Å². The van der Waals surface area contributed by atoms with Crippen LogP contribution in [-0.4, -0.2) is 36.6 Å². The molecule has 1 saturated heterocycles. The highest BCUT2D eigenvalue weighted by Crippen LogP contribution is 2.28. The van der Waals surface area contributed by atoms with Gasteiger partial charge in [0.05, 0.1) is 30.4 Å². The van der Waals surface area contributed by atoms with Gasteiger partial charge in [0, 0.05) is 6.07 Å². The molecule has 1 amide bonds. The van der Waals surface area contributed by atoms with Crippen molar-refractivity contribution >= 4 is 23.3 Å². The lowest BCUT2D eigenvalue weighted by atomic mass is 9.98. The van der Waals surface area contributed by atoms with E-state index in [1.807, 2.05) is 0 Å². The lowest BCUT2D eigenvalue weighted by Crippen LogP contribution is -2.42. The molecule has 1 heterocycles. The second kappa shape index (κ2) is 7.14. The van der Waals surface area contributed by atoms with E-state index in [0.29, 0.717) is 30.1 Å². The minimum Gasteiger partial charge on any atom is -0.497 e. The van der Waals surface area contributed by atoms with Crippen molar-refractivity contribution < 1.29 is 19.2 Å². The number of nitrogens with one attached hydrogen (secondary N) is 1. The Balaban J connectivity index is 2.11. The van der Waals surface area contributed by atoms with Crippen LogP contribution >= 0.6 is 0 Å². The number of hydroxylamine groups is 2. The van der Waals surface area contributed by atoms with Crippen LogP contribution in [0.5, 0.6) is 5.75 Å². The summed E-state index contributed by atoms with van der Waals surface area (Å²) in [6.45, 7) is 9.50. The minimum absolute atomic E-state index is 0.308. The number of ether oxygens (including phenoxy) is 1. The Labute approximate surface area is 147 Å². The summed E-state index contributed by atoms with van der Waals surface area (Å²) in [6, 6.07) is 4.36. The fourth-order valence-corrected chi connectivity index (χ4v) is 2.33. The molecule has 1 aromatic carbocycles. The summed E-state index contributed by atoms with van der Waals surface area (Å²) in [7, 11) is 1.54. The monoisotopic (exact) mass is 347 g/mol. The Morgan fingerprint density at radius 3 is 2.60 bits per heavy atom. The van der Waals surface area contributed by atoms with Crippen LogP contribution < -0.4 is 15.8 Å². The molecule has 2 rings (SSSR count). The zero-order chi connectivity index (χ0) is 18.8. The van der Waals surface area contributed by atoms with Crippen LogP contribution in [0, 0.1) is 5.41 Å². The molecule has 3 N–H and O–H groups in total. The number of nitrogen functional groups attached to an aromatic ring is 1. The van der Waals surface area contributed by atoms with E-state index in [4.69, 9.17) is 15.3 Å². The largest absolute Gasteiger partial charge is 0.497 e. The molecule has 1 atom stereocenters. The Morgan fingerprint density at radius 1 is 1.36 bits per heavy atom. The molecule has 0 aromatic heterocycles. The van der Waals surface area contributed by atoms with Crippen LogP contribution in [-0.2, 0) is 14.4 Å². The van der Waals surface area contributed by atoms with Crippen molar-refractivity contribution in [3.05, 3.63) is 30.4 Å². The molecular formula is C18H25N3O4. The van der Waals surface area contributed by atoms with Crippen LogP contribution in [0.4, 0.5) is 11.4 Å². The second-order valence-electron chi connectivity index (χ2n) is 7.12. The van der Waals surface area contributed by atoms with Gasteiger partial charge in [0.15, 0.2) is 0 Å². The average Bonchev–Trinajstić information content (AvgIpc) is 2.89. The van der Waals surface area contributed by atoms with Gasteiger partial charge >= 0.3 is 5.97 Å². The second-order valence-corrected chi connectivity index (χ2v) is 7.12. The number of anilines is 2. The Bertz CT molecular complexity index is 694. The third-order valence-electron chi connectivity index (χ3n) is 3.84. The van der Waals surface area contributed by atoms with Crippen molar-refractivity contribution in [3.63, 3.8) is 0 Å². The lowest BCUT2D eigenvalue weighted by Gasteiger charge is -2.26. The van der Waals surface area contributed by atoms with Gasteiger partial charge in [0.2, 0.25) is 5.91 Å². The van der Waals surface area contributed by atoms with Crippen molar-refractivity contribution in [2.75, 3.05) is 24.7 Å². The standard InChI is InChI=1S/C18H25N3O4/c1-11-8-15(21(10-11)25-17(23)18(2,3)4)16(22)20-14-7-6-12(24-5)9-13(14)19/h6-7,9,15H,1,8,10,19H2,2-5H3,(H,20,22)/t15-/m0/s1. The predicted molar refractivity (Wildman–Crippen MR) is 95.8 cm³/mol. The first-order valence-corrected chi connectivity index (χ1v) is 8.02. The lowest BCUT2D eigenvalue weighted by molar-refractivity contribution is -0.203. The summed E-state index contributed by atoms with van der Waals surface area (Å²) in [4.78, 5) is 30.2. The third kappa shape index (κ3) is 4.51. The van der Waals surface area contributed by atoms with Crippen LogP contribution in [0.3, 0.4) is 0 Å². The molecule has 0 bridgehead atoms. The van der Waals surface area contributed by atoms with E-state index < -0.39 is 17.4 Å². The van der Waals surface area contributed by atoms with Gasteiger partial charge in [-0.1, -0.05) is 12.2 Å². The number of benzene rings is 1. The van der Waals surface area contributed by atoms with Gasteiger partial charge in [-0.05, 0) is 39.3 Å². The number of methoxy groups -OCH3 is 1. The zero-order valence-corrected chi connectivity index (χ0v) is 15.1. The molecule has 0 spiro atoms. The number of hydrogen-bond acceptors (Lipinski definition) is 6. The summed E-state index contributed by atoms with van der Waals surface area (Å²) >= 11 is 0. The first-order valence-electron chi connectivity index (χ1n) is 8.02. The van der Waals surface area contributed by atoms with Gasteiger partial charge in [0.1, 0.15) is 11.8 Å². The predicted octanol–water partition coefficient (Wildman–Crippen LogP) is 2.35. The summed E-state index contributed by atoms with van der Waals surface area (Å²) in [5, 5.41) is 4.15. The van der Waals surface area contributed by atoms with E-state index in [2.05, 4.69) is 11.9 Å². The maximum atomic E-state index is 12.6. The van der Waals surface area contributed by atoms with Crippen molar-refractivity contribution in [2.24, 2.45) is 5.41 Å². The first kappa shape index (κ1) is 18.8. The third-order valence-corrected chi connectivity index (χ3v) is 3.84. The number of carbonyl (C=O) groups excluding carboxylic acids is 2. The van der Waals surface area contributed by atoms with Gasteiger partial charge in [-0.2, -0.15) is 0 Å². The van der Waals surface area contributed by atoms with Gasteiger partial charge in [-0.3, -0.25) is 4.79 Å². The highest BCUT2D eigenvalue weighted by molar-refractivity contribution is 5.98. The number of rotatable bonds is 4. The SMILES string of the molecule is C=C1C[C@@H](C(=O)Nc2ccc(OC)cc2N)N(OC(=O)C(C)(C)C)C1. The van der Waals surface area contributed by atoms with Crippen molar-refractivity contribution in [3.8, 4) is 5.75 Å². The molecular weight excluding hydrogens is 322 g/mol. The van der Waals surface area contributed by atoms with Gasteiger partial charge in [0.25, 0.3) is 0 Å². The normalized spacial score (nSPS) is 18.1. The summed E-state index contributed by atoms with van der Waals surface area (Å²) in [6.07, 6.45) is 0.416. The fraction of sp³-hybridized carbons (Fsp3) is 0.444.